The Labute approximate surface area is 145 Å². The number of aryl methyl sites for hydroxylation is 2. The van der Waals surface area contributed by atoms with E-state index in [2.05, 4.69) is 20.6 Å². The molecule has 6 heteroatoms. The van der Waals surface area contributed by atoms with Gasteiger partial charge in [-0.2, -0.15) is 0 Å². The summed E-state index contributed by atoms with van der Waals surface area (Å²) in [5.74, 6) is -0.779. The number of aromatic amines is 2. The van der Waals surface area contributed by atoms with Gasteiger partial charge in [0.1, 0.15) is 0 Å². The van der Waals surface area contributed by atoms with Crippen molar-refractivity contribution >= 4 is 23.2 Å². The van der Waals surface area contributed by atoms with Crippen LogP contribution in [0.15, 0.2) is 54.9 Å². The number of amides is 2. The van der Waals surface area contributed by atoms with Gasteiger partial charge in [0, 0.05) is 11.4 Å². The largest absolute Gasteiger partial charge is 0.319 e. The highest BCUT2D eigenvalue weighted by Gasteiger charge is 2.26. The minimum Gasteiger partial charge on any atom is -0.319 e. The van der Waals surface area contributed by atoms with E-state index in [0.717, 1.165) is 11.1 Å². The lowest BCUT2D eigenvalue weighted by molar-refractivity contribution is -0.379. The Morgan fingerprint density at radius 1 is 0.800 bits per heavy atom. The van der Waals surface area contributed by atoms with E-state index in [1.165, 1.54) is 6.33 Å². The summed E-state index contributed by atoms with van der Waals surface area (Å²) in [5.41, 5.74) is 3.87. The number of imidazole rings is 1. The van der Waals surface area contributed by atoms with Crippen molar-refractivity contribution in [2.24, 2.45) is 0 Å². The first kappa shape index (κ1) is 16.4. The van der Waals surface area contributed by atoms with Crippen LogP contribution in [0.4, 0.5) is 11.4 Å². The summed E-state index contributed by atoms with van der Waals surface area (Å²) in [5, 5.41) is 5.54. The first-order valence-corrected chi connectivity index (χ1v) is 7.88. The molecular weight excluding hydrogens is 316 g/mol. The lowest BCUT2D eigenvalue weighted by Crippen LogP contribution is -2.25. The van der Waals surface area contributed by atoms with Crippen LogP contribution in [0.2, 0.25) is 0 Å². The fourth-order valence-corrected chi connectivity index (χ4v) is 2.34. The average Bonchev–Trinajstić information content (AvgIpc) is 3.09. The molecule has 0 aliphatic heterocycles. The summed E-state index contributed by atoms with van der Waals surface area (Å²) >= 11 is 0. The van der Waals surface area contributed by atoms with Crippen molar-refractivity contribution < 1.29 is 14.6 Å². The highest BCUT2D eigenvalue weighted by atomic mass is 16.2. The molecule has 1 heterocycles. The predicted molar refractivity (Wildman–Crippen MR) is 95.6 cm³/mol. The van der Waals surface area contributed by atoms with Crippen LogP contribution >= 0.6 is 0 Å². The number of carbonyl (C=O) groups is 2. The summed E-state index contributed by atoms with van der Waals surface area (Å²) in [6, 6.07) is 14.9. The van der Waals surface area contributed by atoms with E-state index in [4.69, 9.17) is 0 Å². The van der Waals surface area contributed by atoms with Crippen molar-refractivity contribution in [2.75, 3.05) is 10.6 Å². The maximum Gasteiger partial charge on any atom is 0.300 e. The molecule has 1 aromatic heterocycles. The fraction of sp³-hybridized carbons (Fsp3) is 0.105. The molecule has 0 saturated carbocycles. The van der Waals surface area contributed by atoms with Crippen LogP contribution < -0.4 is 15.6 Å². The Morgan fingerprint density at radius 3 is 1.80 bits per heavy atom. The van der Waals surface area contributed by atoms with Crippen LogP contribution in [0.25, 0.3) is 0 Å². The van der Waals surface area contributed by atoms with Gasteiger partial charge in [0.15, 0.2) is 0 Å². The van der Waals surface area contributed by atoms with Gasteiger partial charge in [-0.3, -0.25) is 9.59 Å². The second-order valence-electron chi connectivity index (χ2n) is 5.82. The highest BCUT2D eigenvalue weighted by Crippen LogP contribution is 2.13. The van der Waals surface area contributed by atoms with E-state index in [9.17, 15) is 9.59 Å². The highest BCUT2D eigenvalue weighted by molar-refractivity contribution is 6.12. The van der Waals surface area contributed by atoms with Gasteiger partial charge in [0.2, 0.25) is 17.7 Å². The minimum absolute atomic E-state index is 0.171. The van der Waals surface area contributed by atoms with Crippen molar-refractivity contribution in [3.8, 4) is 0 Å². The average molecular weight is 335 g/mol. The zero-order valence-corrected chi connectivity index (χ0v) is 14.0. The van der Waals surface area contributed by atoms with Gasteiger partial charge in [0.05, 0.1) is 0 Å². The fourth-order valence-electron chi connectivity index (χ4n) is 2.34. The summed E-state index contributed by atoms with van der Waals surface area (Å²) < 4.78 is 0. The number of rotatable bonds is 4. The third-order valence-electron chi connectivity index (χ3n) is 3.76. The topological polar surface area (TPSA) is 88.1 Å². The monoisotopic (exact) mass is 335 g/mol. The Kier molecular flexibility index (Phi) is 4.61. The standard InChI is InChI=1S/C19H18N4O2/c1-12-3-7-14(8-4-12)22-18(24)16-17(21-11-20-16)19(25)23-15-9-5-13(2)6-10-15/h3-11H,1-2H3,(H,20,21)(H,22,24)(H,23,25)/p+1. The van der Waals surface area contributed by atoms with E-state index >= 15 is 0 Å². The van der Waals surface area contributed by atoms with Crippen molar-refractivity contribution in [1.29, 1.82) is 0 Å². The van der Waals surface area contributed by atoms with Crippen LogP contribution in [-0.4, -0.2) is 16.8 Å². The Balaban J connectivity index is 1.74. The van der Waals surface area contributed by atoms with Gasteiger partial charge >= 0.3 is 0 Å². The Hall–Kier alpha value is -3.41. The molecule has 2 aromatic carbocycles. The van der Waals surface area contributed by atoms with Gasteiger partial charge in [-0.25, -0.2) is 9.97 Å². The van der Waals surface area contributed by atoms with Crippen molar-refractivity contribution in [2.45, 2.75) is 13.8 Å². The molecule has 0 saturated heterocycles. The number of benzene rings is 2. The summed E-state index contributed by atoms with van der Waals surface area (Å²) in [6.07, 6.45) is 1.45. The first-order valence-electron chi connectivity index (χ1n) is 7.88. The number of carbonyl (C=O) groups excluding carboxylic acids is 2. The second-order valence-corrected chi connectivity index (χ2v) is 5.82. The van der Waals surface area contributed by atoms with Gasteiger partial charge in [-0.1, -0.05) is 35.4 Å². The van der Waals surface area contributed by atoms with E-state index in [-0.39, 0.29) is 23.2 Å². The number of nitrogens with one attached hydrogen (secondary N) is 4. The molecule has 0 bridgehead atoms. The Morgan fingerprint density at radius 2 is 1.28 bits per heavy atom. The summed E-state index contributed by atoms with van der Waals surface area (Å²) in [6.45, 7) is 3.94. The van der Waals surface area contributed by atoms with Crippen LogP contribution in [-0.2, 0) is 0 Å². The lowest BCUT2D eigenvalue weighted by atomic mass is 10.2. The van der Waals surface area contributed by atoms with Crippen molar-refractivity contribution in [3.63, 3.8) is 0 Å². The van der Waals surface area contributed by atoms with E-state index in [1.807, 2.05) is 62.4 Å². The molecule has 4 N–H and O–H groups in total. The van der Waals surface area contributed by atoms with E-state index in [0.29, 0.717) is 11.4 Å². The van der Waals surface area contributed by atoms with Crippen LogP contribution in [0.5, 0.6) is 0 Å². The van der Waals surface area contributed by atoms with E-state index < -0.39 is 0 Å². The molecule has 0 aliphatic carbocycles. The van der Waals surface area contributed by atoms with Gasteiger partial charge in [0.25, 0.3) is 11.8 Å². The third kappa shape index (κ3) is 3.92. The second kappa shape index (κ2) is 7.00. The third-order valence-corrected chi connectivity index (χ3v) is 3.76. The number of H-pyrrole nitrogens is 2. The predicted octanol–water partition coefficient (Wildman–Crippen LogP) is 2.95. The molecule has 0 radical (unpaired) electrons. The zero-order valence-electron chi connectivity index (χ0n) is 14.0. The van der Waals surface area contributed by atoms with E-state index in [1.54, 1.807) is 0 Å². The normalized spacial score (nSPS) is 10.3. The SMILES string of the molecule is Cc1ccc(NC(=O)c2[nH]c[nH+]c2C(=O)Nc2ccc(C)cc2)cc1. The van der Waals surface area contributed by atoms with Crippen molar-refractivity contribution in [3.05, 3.63) is 77.4 Å². The van der Waals surface area contributed by atoms with Crippen molar-refractivity contribution in [1.82, 2.24) is 4.98 Å². The minimum atomic E-state index is -0.390. The van der Waals surface area contributed by atoms with Gasteiger partial charge < -0.3 is 10.6 Å². The number of aromatic nitrogens is 2. The first-order chi connectivity index (χ1) is 12.0. The van der Waals surface area contributed by atoms with Gasteiger partial charge in [-0.05, 0) is 38.1 Å². The quantitative estimate of drug-likeness (QED) is 0.684. The molecule has 0 unspecified atom stereocenters. The zero-order chi connectivity index (χ0) is 17.8. The maximum atomic E-state index is 12.4. The summed E-state index contributed by atoms with van der Waals surface area (Å²) in [7, 11) is 0. The molecule has 25 heavy (non-hydrogen) atoms. The van der Waals surface area contributed by atoms with Crippen LogP contribution in [0.1, 0.15) is 32.1 Å². The summed E-state index contributed by atoms with van der Waals surface area (Å²) in [4.78, 5) is 30.4. The molecule has 126 valence electrons. The molecule has 3 rings (SSSR count). The molecule has 3 aromatic rings. The molecule has 0 fully saturated rings. The number of hydrogen-bond donors (Lipinski definition) is 3. The molecular formula is C19H19N4O2+. The number of hydrogen-bond acceptors (Lipinski definition) is 2. The number of anilines is 2. The molecule has 0 atom stereocenters. The maximum absolute atomic E-state index is 12.4. The van der Waals surface area contributed by atoms with Crippen LogP contribution in [0.3, 0.4) is 0 Å². The lowest BCUT2D eigenvalue weighted by Gasteiger charge is -2.05. The van der Waals surface area contributed by atoms with Gasteiger partial charge in [-0.15, -0.1) is 0 Å². The molecule has 6 nitrogen and oxygen atoms in total. The Bertz CT molecular complexity index is 822. The van der Waals surface area contributed by atoms with Crippen LogP contribution in [0, 0.1) is 13.8 Å². The smallest absolute Gasteiger partial charge is 0.300 e. The molecule has 0 spiro atoms. The molecule has 2 amide bonds. The molecule has 0 aliphatic rings.